The molecular weight excluding hydrogens is 430 g/mol. The lowest BCUT2D eigenvalue weighted by Crippen LogP contribution is -2.13. The van der Waals surface area contributed by atoms with E-state index in [-0.39, 0.29) is 5.91 Å². The number of aromatic nitrogens is 3. The summed E-state index contributed by atoms with van der Waals surface area (Å²) in [4.78, 5) is 12.5. The Bertz CT molecular complexity index is 1150. The zero-order valence-corrected chi connectivity index (χ0v) is 19.4. The van der Waals surface area contributed by atoms with Crippen molar-refractivity contribution in [3.63, 3.8) is 0 Å². The molecule has 33 heavy (non-hydrogen) atoms. The lowest BCUT2D eigenvalue weighted by Gasteiger charge is -2.10. The van der Waals surface area contributed by atoms with Gasteiger partial charge in [0, 0.05) is 25.6 Å². The molecule has 3 N–H and O–H groups in total. The van der Waals surface area contributed by atoms with Gasteiger partial charge in [-0.1, -0.05) is 48.0 Å². The summed E-state index contributed by atoms with van der Waals surface area (Å²) in [5, 5.41) is 15.5. The van der Waals surface area contributed by atoms with Crippen molar-refractivity contribution in [1.82, 2.24) is 15.0 Å². The van der Waals surface area contributed by atoms with Crippen LogP contribution in [0.2, 0.25) is 0 Å². The molecule has 4 rings (SSSR count). The second-order valence-corrected chi connectivity index (χ2v) is 8.91. The van der Waals surface area contributed by atoms with E-state index in [0.29, 0.717) is 24.2 Å². The minimum absolute atomic E-state index is 0.0837. The van der Waals surface area contributed by atoms with Crippen LogP contribution in [0.25, 0.3) is 11.1 Å². The molecule has 0 saturated carbocycles. The van der Waals surface area contributed by atoms with Gasteiger partial charge in [-0.05, 0) is 64.9 Å². The van der Waals surface area contributed by atoms with Crippen LogP contribution in [-0.2, 0) is 24.2 Å². The molecule has 0 radical (unpaired) electrons. The third kappa shape index (κ3) is 6.76. The van der Waals surface area contributed by atoms with Crippen LogP contribution in [0.4, 0.5) is 11.4 Å². The Balaban J connectivity index is 1.19. The number of amides is 1. The van der Waals surface area contributed by atoms with Crippen LogP contribution in [0.1, 0.15) is 36.9 Å². The van der Waals surface area contributed by atoms with Gasteiger partial charge in [0.05, 0.1) is 17.1 Å². The lowest BCUT2D eigenvalue weighted by atomic mass is 10.1. The van der Waals surface area contributed by atoms with Crippen LogP contribution in [0.15, 0.2) is 71.6 Å². The fourth-order valence-corrected chi connectivity index (χ4v) is 4.38. The molecule has 0 saturated heterocycles. The minimum Gasteiger partial charge on any atom is -0.397 e. The van der Waals surface area contributed by atoms with Crippen molar-refractivity contribution in [2.24, 2.45) is 0 Å². The summed E-state index contributed by atoms with van der Waals surface area (Å²) in [6.07, 6.45) is 7.31. The maximum absolute atomic E-state index is 12.5. The number of carbonyl (C=O) groups is 1. The predicted octanol–water partition coefficient (Wildman–Crippen LogP) is 5.57. The van der Waals surface area contributed by atoms with Crippen molar-refractivity contribution in [2.45, 2.75) is 45.1 Å². The summed E-state index contributed by atoms with van der Waals surface area (Å²) in [7, 11) is 0. The largest absolute Gasteiger partial charge is 0.397 e. The molecule has 2 heterocycles. The fourth-order valence-electron chi connectivity index (χ4n) is 3.71. The maximum Gasteiger partial charge on any atom is 0.224 e. The number of benzene rings is 2. The Hall–Kier alpha value is -3.45. The predicted molar refractivity (Wildman–Crippen MR) is 135 cm³/mol. The number of nitrogens with two attached hydrogens (primary N) is 1. The summed E-state index contributed by atoms with van der Waals surface area (Å²) in [6.45, 7) is 0.847. The Morgan fingerprint density at radius 3 is 2.70 bits per heavy atom. The minimum atomic E-state index is -0.0837. The first-order valence-electron chi connectivity index (χ1n) is 11.3. The number of thiophene rings is 1. The molecule has 0 atom stereocenters. The van der Waals surface area contributed by atoms with Crippen molar-refractivity contribution < 1.29 is 4.79 Å². The third-order valence-corrected chi connectivity index (χ3v) is 6.25. The number of anilines is 2. The highest BCUT2D eigenvalue weighted by atomic mass is 32.1. The molecule has 6 nitrogen and oxygen atoms in total. The third-order valence-electron chi connectivity index (χ3n) is 5.57. The van der Waals surface area contributed by atoms with E-state index in [4.69, 9.17) is 5.73 Å². The average Bonchev–Trinajstić information content (AvgIpc) is 3.52. The van der Waals surface area contributed by atoms with Crippen molar-refractivity contribution in [3.05, 3.63) is 82.8 Å². The van der Waals surface area contributed by atoms with Crippen LogP contribution >= 0.6 is 11.3 Å². The zero-order valence-electron chi connectivity index (χ0n) is 18.6. The molecule has 170 valence electrons. The molecule has 0 spiro atoms. The highest BCUT2D eigenvalue weighted by Gasteiger charge is 2.10. The van der Waals surface area contributed by atoms with Gasteiger partial charge in [0.25, 0.3) is 0 Å². The van der Waals surface area contributed by atoms with E-state index < -0.39 is 0 Å². The smallest absolute Gasteiger partial charge is 0.224 e. The first kappa shape index (κ1) is 22.7. The number of hydrogen-bond acceptors (Lipinski definition) is 5. The Kier molecular flexibility index (Phi) is 7.87. The summed E-state index contributed by atoms with van der Waals surface area (Å²) >= 11 is 1.64. The van der Waals surface area contributed by atoms with Crippen molar-refractivity contribution in [2.75, 3.05) is 11.1 Å². The molecule has 0 fully saturated rings. The first-order chi connectivity index (χ1) is 16.2. The van der Waals surface area contributed by atoms with Gasteiger partial charge in [0.2, 0.25) is 5.91 Å². The van der Waals surface area contributed by atoms with Gasteiger partial charge in [-0.25, -0.2) is 0 Å². The monoisotopic (exact) mass is 459 g/mol. The molecule has 4 aromatic rings. The van der Waals surface area contributed by atoms with E-state index in [1.165, 1.54) is 12.0 Å². The summed E-state index contributed by atoms with van der Waals surface area (Å²) < 4.78 is 1.87. The van der Waals surface area contributed by atoms with Gasteiger partial charge in [0.1, 0.15) is 0 Å². The van der Waals surface area contributed by atoms with Crippen molar-refractivity contribution >= 4 is 28.6 Å². The number of carbonyl (C=O) groups excluding carboxylic acids is 1. The zero-order chi connectivity index (χ0) is 22.9. The SMILES string of the molecule is Nc1ccc(-c2ccsc2)cc1NC(=O)CCc1cn(CCCCCc2ccccc2)nn1. The van der Waals surface area contributed by atoms with Crippen LogP contribution < -0.4 is 11.1 Å². The van der Waals surface area contributed by atoms with Gasteiger partial charge >= 0.3 is 0 Å². The summed E-state index contributed by atoms with van der Waals surface area (Å²) in [5.74, 6) is -0.0837. The van der Waals surface area contributed by atoms with E-state index in [9.17, 15) is 4.79 Å². The quantitative estimate of drug-likeness (QED) is 0.227. The number of nitrogens with zero attached hydrogens (tertiary/aromatic N) is 3. The van der Waals surface area contributed by atoms with Gasteiger partial charge < -0.3 is 11.1 Å². The normalized spacial score (nSPS) is 10.9. The van der Waals surface area contributed by atoms with Gasteiger partial charge in [-0.3, -0.25) is 9.48 Å². The van der Waals surface area contributed by atoms with Gasteiger partial charge in [0.15, 0.2) is 0 Å². The Morgan fingerprint density at radius 2 is 1.88 bits per heavy atom. The van der Waals surface area contributed by atoms with E-state index in [0.717, 1.165) is 42.6 Å². The number of hydrogen-bond donors (Lipinski definition) is 2. The molecule has 0 aliphatic heterocycles. The van der Waals surface area contributed by atoms with Crippen molar-refractivity contribution in [3.8, 4) is 11.1 Å². The van der Waals surface area contributed by atoms with Crippen molar-refractivity contribution in [1.29, 1.82) is 0 Å². The highest BCUT2D eigenvalue weighted by Crippen LogP contribution is 2.28. The lowest BCUT2D eigenvalue weighted by molar-refractivity contribution is -0.116. The highest BCUT2D eigenvalue weighted by molar-refractivity contribution is 7.08. The van der Waals surface area contributed by atoms with Crippen LogP contribution in [0, 0.1) is 0 Å². The van der Waals surface area contributed by atoms with E-state index in [1.54, 1.807) is 11.3 Å². The average molecular weight is 460 g/mol. The first-order valence-corrected chi connectivity index (χ1v) is 12.3. The fraction of sp³-hybridized carbons (Fsp3) is 0.269. The van der Waals surface area contributed by atoms with Gasteiger partial charge in [-0.15, -0.1) is 5.10 Å². The second-order valence-electron chi connectivity index (χ2n) is 8.13. The van der Waals surface area contributed by atoms with E-state index in [1.807, 2.05) is 34.5 Å². The number of nitrogen functional groups attached to an aromatic ring is 1. The number of unbranched alkanes of at least 4 members (excludes halogenated alkanes) is 2. The van der Waals surface area contributed by atoms with Crippen LogP contribution in [0.5, 0.6) is 0 Å². The summed E-state index contributed by atoms with van der Waals surface area (Å²) in [6, 6.07) is 18.3. The maximum atomic E-state index is 12.5. The molecule has 0 aliphatic carbocycles. The molecule has 1 amide bonds. The topological polar surface area (TPSA) is 85.8 Å². The second kappa shape index (κ2) is 11.4. The molecule has 2 aromatic carbocycles. The molecular formula is C26H29N5OS. The standard InChI is InChI=1S/C26H29N5OS/c27-24-12-10-21(22-14-16-33-19-22)17-25(24)28-26(32)13-11-23-18-31(30-29-23)15-6-2-5-9-20-7-3-1-4-8-20/h1,3-4,7-8,10,12,14,16-19H,2,5-6,9,11,13,15,27H2,(H,28,32). The van der Waals surface area contributed by atoms with Gasteiger partial charge in [-0.2, -0.15) is 11.3 Å². The van der Waals surface area contributed by atoms with E-state index >= 15 is 0 Å². The number of rotatable bonds is 11. The molecule has 7 heteroatoms. The molecule has 0 bridgehead atoms. The molecule has 0 aliphatic rings. The summed E-state index contributed by atoms with van der Waals surface area (Å²) in [5.41, 5.74) is 11.6. The number of aryl methyl sites for hydroxylation is 3. The van der Waals surface area contributed by atoms with Crippen LogP contribution in [-0.4, -0.2) is 20.9 Å². The van der Waals surface area contributed by atoms with Crippen LogP contribution in [0.3, 0.4) is 0 Å². The Morgan fingerprint density at radius 1 is 1.00 bits per heavy atom. The van der Waals surface area contributed by atoms with E-state index in [2.05, 4.69) is 57.4 Å². The molecule has 0 unspecified atom stereocenters. The Labute approximate surface area is 198 Å². The molecule has 2 aromatic heterocycles. The number of nitrogens with one attached hydrogen (secondary N) is 1.